The summed E-state index contributed by atoms with van der Waals surface area (Å²) in [7, 11) is 1.55. The van der Waals surface area contributed by atoms with Crippen LogP contribution in [0, 0.1) is 5.92 Å². The van der Waals surface area contributed by atoms with E-state index in [1.165, 1.54) is 0 Å². The summed E-state index contributed by atoms with van der Waals surface area (Å²) in [5.41, 5.74) is 1.41. The molecule has 2 aromatic carbocycles. The van der Waals surface area contributed by atoms with Crippen molar-refractivity contribution in [3.8, 4) is 17.1 Å². The van der Waals surface area contributed by atoms with Gasteiger partial charge in [-0.05, 0) is 56.3 Å². The molecule has 4 rings (SSSR count). The van der Waals surface area contributed by atoms with Gasteiger partial charge in [0.05, 0.1) is 23.7 Å². The molecule has 3 aromatic rings. The van der Waals surface area contributed by atoms with Gasteiger partial charge < -0.3 is 14.6 Å². The Balaban J connectivity index is 1.29. The first-order valence-electron chi connectivity index (χ1n) is 9.97. The van der Waals surface area contributed by atoms with Gasteiger partial charge in [0.15, 0.2) is 0 Å². The zero-order chi connectivity index (χ0) is 21.8. The molecule has 0 unspecified atom stereocenters. The Morgan fingerprint density at radius 3 is 2.68 bits per heavy atom. The predicted octanol–water partition coefficient (Wildman–Crippen LogP) is 4.90. The minimum Gasteiger partial charge on any atom is -0.495 e. The topological polar surface area (TPSA) is 80.5 Å². The number of hydrogen-bond donors (Lipinski definition) is 1. The van der Waals surface area contributed by atoms with Gasteiger partial charge in [-0.3, -0.25) is 9.69 Å². The van der Waals surface area contributed by atoms with Crippen molar-refractivity contribution in [3.63, 3.8) is 0 Å². The molecule has 7 nitrogen and oxygen atoms in total. The number of nitrogens with one attached hydrogen (secondary N) is 1. The van der Waals surface area contributed by atoms with E-state index in [4.69, 9.17) is 32.5 Å². The second kappa shape index (κ2) is 9.68. The predicted molar refractivity (Wildman–Crippen MR) is 119 cm³/mol. The summed E-state index contributed by atoms with van der Waals surface area (Å²) in [6, 6.07) is 12.6. The SMILES string of the molecule is COc1ccc(NC(=O)C2CCN(Cc3nc(-c4ccccc4Cl)no3)CC2)cc1Cl. The van der Waals surface area contributed by atoms with Crippen LogP contribution in [0.3, 0.4) is 0 Å². The van der Waals surface area contributed by atoms with E-state index in [0.29, 0.717) is 39.7 Å². The van der Waals surface area contributed by atoms with Gasteiger partial charge in [0.2, 0.25) is 17.6 Å². The number of carbonyl (C=O) groups is 1. The van der Waals surface area contributed by atoms with E-state index < -0.39 is 0 Å². The van der Waals surface area contributed by atoms with Crippen LogP contribution in [-0.2, 0) is 11.3 Å². The number of piperidine rings is 1. The molecule has 0 aliphatic carbocycles. The number of aromatic nitrogens is 2. The van der Waals surface area contributed by atoms with E-state index in [-0.39, 0.29) is 11.8 Å². The van der Waals surface area contributed by atoms with E-state index in [1.807, 2.05) is 18.2 Å². The van der Waals surface area contributed by atoms with Crippen LogP contribution in [0.4, 0.5) is 5.69 Å². The summed E-state index contributed by atoms with van der Waals surface area (Å²) in [4.78, 5) is 19.3. The number of halogens is 2. The van der Waals surface area contributed by atoms with Crippen molar-refractivity contribution in [2.75, 3.05) is 25.5 Å². The Labute approximate surface area is 190 Å². The summed E-state index contributed by atoms with van der Waals surface area (Å²) < 4.78 is 10.5. The monoisotopic (exact) mass is 460 g/mol. The molecular formula is C22H22Cl2N4O3. The second-order valence-electron chi connectivity index (χ2n) is 7.38. The lowest BCUT2D eigenvalue weighted by atomic mass is 9.96. The van der Waals surface area contributed by atoms with Crippen molar-refractivity contribution in [1.29, 1.82) is 0 Å². The molecule has 0 atom stereocenters. The van der Waals surface area contributed by atoms with E-state index in [2.05, 4.69) is 20.4 Å². The van der Waals surface area contributed by atoms with Crippen LogP contribution in [0.15, 0.2) is 47.0 Å². The van der Waals surface area contributed by atoms with Crippen molar-refractivity contribution in [1.82, 2.24) is 15.0 Å². The molecular weight excluding hydrogens is 439 g/mol. The fourth-order valence-electron chi connectivity index (χ4n) is 3.60. The van der Waals surface area contributed by atoms with Crippen molar-refractivity contribution < 1.29 is 14.1 Å². The first-order chi connectivity index (χ1) is 15.0. The zero-order valence-electron chi connectivity index (χ0n) is 17.0. The Kier molecular flexibility index (Phi) is 6.75. The van der Waals surface area contributed by atoms with Gasteiger partial charge in [-0.15, -0.1) is 0 Å². The van der Waals surface area contributed by atoms with Crippen LogP contribution >= 0.6 is 23.2 Å². The lowest BCUT2D eigenvalue weighted by Crippen LogP contribution is -2.37. The molecule has 31 heavy (non-hydrogen) atoms. The number of rotatable bonds is 6. The molecule has 1 N–H and O–H groups in total. The minimum absolute atomic E-state index is 0.000297. The quantitative estimate of drug-likeness (QED) is 0.563. The van der Waals surface area contributed by atoms with Gasteiger partial charge >= 0.3 is 0 Å². The van der Waals surface area contributed by atoms with Crippen molar-refractivity contribution in [2.24, 2.45) is 5.92 Å². The Hall–Kier alpha value is -2.61. The van der Waals surface area contributed by atoms with E-state index in [1.54, 1.807) is 31.4 Å². The molecule has 9 heteroatoms. The third kappa shape index (κ3) is 5.18. The summed E-state index contributed by atoms with van der Waals surface area (Å²) in [5.74, 6) is 1.53. The molecule has 1 amide bonds. The van der Waals surface area contributed by atoms with Crippen LogP contribution in [0.5, 0.6) is 5.75 Å². The largest absolute Gasteiger partial charge is 0.495 e. The molecule has 0 saturated carbocycles. The molecule has 1 saturated heterocycles. The number of hydrogen-bond acceptors (Lipinski definition) is 6. The Bertz CT molecular complexity index is 1060. The highest BCUT2D eigenvalue weighted by Gasteiger charge is 2.26. The number of nitrogens with zero attached hydrogens (tertiary/aromatic N) is 3. The molecule has 1 aliphatic rings. The highest BCUT2D eigenvalue weighted by Crippen LogP contribution is 2.29. The van der Waals surface area contributed by atoms with Crippen LogP contribution in [0.1, 0.15) is 18.7 Å². The average Bonchev–Trinajstić information content (AvgIpc) is 3.23. The molecule has 1 aromatic heterocycles. The molecule has 0 radical (unpaired) electrons. The number of carbonyl (C=O) groups excluding carboxylic acids is 1. The van der Waals surface area contributed by atoms with Crippen molar-refractivity contribution >= 4 is 34.8 Å². The minimum atomic E-state index is -0.0569. The highest BCUT2D eigenvalue weighted by molar-refractivity contribution is 6.33. The van der Waals surface area contributed by atoms with Crippen LogP contribution in [-0.4, -0.2) is 41.1 Å². The molecule has 0 bridgehead atoms. The number of likely N-dealkylation sites (tertiary alicyclic amines) is 1. The van der Waals surface area contributed by atoms with Crippen LogP contribution in [0.2, 0.25) is 10.0 Å². The van der Waals surface area contributed by atoms with Gasteiger partial charge in [0.1, 0.15) is 5.75 Å². The zero-order valence-corrected chi connectivity index (χ0v) is 18.5. The van der Waals surface area contributed by atoms with Gasteiger partial charge in [-0.25, -0.2) is 0 Å². The van der Waals surface area contributed by atoms with E-state index in [0.717, 1.165) is 31.5 Å². The summed E-state index contributed by atoms with van der Waals surface area (Å²) in [5, 5.41) is 8.03. The summed E-state index contributed by atoms with van der Waals surface area (Å²) >= 11 is 12.3. The second-order valence-corrected chi connectivity index (χ2v) is 8.19. The number of methoxy groups -OCH3 is 1. The first kappa shape index (κ1) is 21.6. The standard InChI is InChI=1S/C22H22Cl2N4O3/c1-30-19-7-6-15(12-18(19)24)25-22(29)14-8-10-28(11-9-14)13-20-26-21(27-31-20)16-4-2-3-5-17(16)23/h2-7,12,14H,8-11,13H2,1H3,(H,25,29). The molecule has 162 valence electrons. The molecule has 0 spiro atoms. The molecule has 2 heterocycles. The number of amides is 1. The lowest BCUT2D eigenvalue weighted by molar-refractivity contribution is -0.121. The van der Waals surface area contributed by atoms with Crippen molar-refractivity contribution in [2.45, 2.75) is 19.4 Å². The first-order valence-corrected chi connectivity index (χ1v) is 10.7. The lowest BCUT2D eigenvalue weighted by Gasteiger charge is -2.30. The Morgan fingerprint density at radius 1 is 1.19 bits per heavy atom. The van der Waals surface area contributed by atoms with E-state index >= 15 is 0 Å². The summed E-state index contributed by atoms with van der Waals surface area (Å²) in [6.45, 7) is 2.08. The third-order valence-electron chi connectivity index (χ3n) is 5.32. The van der Waals surface area contributed by atoms with Crippen LogP contribution < -0.4 is 10.1 Å². The highest BCUT2D eigenvalue weighted by atomic mass is 35.5. The maximum absolute atomic E-state index is 12.6. The maximum Gasteiger partial charge on any atom is 0.241 e. The molecule has 1 fully saturated rings. The van der Waals surface area contributed by atoms with Gasteiger partial charge in [0, 0.05) is 17.2 Å². The van der Waals surface area contributed by atoms with Gasteiger partial charge in [-0.1, -0.05) is 40.5 Å². The molecule has 1 aliphatic heterocycles. The van der Waals surface area contributed by atoms with E-state index in [9.17, 15) is 4.79 Å². The summed E-state index contributed by atoms with van der Waals surface area (Å²) in [6.07, 6.45) is 1.50. The third-order valence-corrected chi connectivity index (χ3v) is 5.94. The average molecular weight is 461 g/mol. The van der Waals surface area contributed by atoms with Gasteiger partial charge in [0.25, 0.3) is 0 Å². The fourth-order valence-corrected chi connectivity index (χ4v) is 4.08. The fraction of sp³-hybridized carbons (Fsp3) is 0.318. The normalized spacial score (nSPS) is 15.1. The number of ether oxygens (including phenoxy) is 1. The number of anilines is 1. The number of benzene rings is 2. The smallest absolute Gasteiger partial charge is 0.241 e. The van der Waals surface area contributed by atoms with Gasteiger partial charge in [-0.2, -0.15) is 4.98 Å². The maximum atomic E-state index is 12.6. The van der Waals surface area contributed by atoms with Crippen molar-refractivity contribution in [3.05, 3.63) is 58.4 Å². The Morgan fingerprint density at radius 2 is 1.97 bits per heavy atom. The van der Waals surface area contributed by atoms with Crippen LogP contribution in [0.25, 0.3) is 11.4 Å².